The average molecular weight is 723 g/mol. The Bertz CT molecular complexity index is 2650. The maximum atomic E-state index is 11.9. The summed E-state index contributed by atoms with van der Waals surface area (Å²) < 4.78 is 124. The van der Waals surface area contributed by atoms with E-state index in [2.05, 4.69) is 0 Å². The van der Waals surface area contributed by atoms with Crippen LogP contribution < -0.4 is 21.3 Å². The third-order valence-corrected chi connectivity index (χ3v) is 11.4. The first kappa shape index (κ1) is 34.2. The van der Waals surface area contributed by atoms with Crippen molar-refractivity contribution >= 4 is 94.8 Å². The summed E-state index contributed by atoms with van der Waals surface area (Å²) >= 11 is 0. The van der Waals surface area contributed by atoms with E-state index in [0.717, 1.165) is 23.2 Å². The van der Waals surface area contributed by atoms with Crippen LogP contribution in [0.3, 0.4) is 0 Å². The Kier molecular flexibility index (Phi) is 8.36. The summed E-state index contributed by atoms with van der Waals surface area (Å²) in [6.45, 7) is 0. The molecule has 0 bridgehead atoms. The molecule has 8 N–H and O–H groups in total. The number of benzene rings is 6. The van der Waals surface area contributed by atoms with E-state index in [1.165, 1.54) is 24.3 Å². The zero-order valence-electron chi connectivity index (χ0n) is 24.3. The van der Waals surface area contributed by atoms with Crippen LogP contribution in [0.2, 0.25) is 0 Å². The highest BCUT2D eigenvalue weighted by Crippen LogP contribution is 2.43. The molecule has 0 spiro atoms. The monoisotopic (exact) mass is 722 g/mol. The van der Waals surface area contributed by atoms with Gasteiger partial charge in [-0.25, -0.2) is 8.42 Å². The molecule has 6 rings (SSSR count). The molecule has 0 saturated heterocycles. The molecule has 0 aliphatic heterocycles. The van der Waals surface area contributed by atoms with E-state index in [-0.39, 0.29) is 42.9 Å². The van der Waals surface area contributed by atoms with Crippen LogP contribution in [0.15, 0.2) is 92.4 Å². The summed E-state index contributed by atoms with van der Waals surface area (Å²) in [5.74, 6) is 5.08. The smallest absolute Gasteiger partial charge is 0.295 e. The molecule has 0 aromatic heterocycles. The number of fused-ring (bicyclic) bond motifs is 1. The first-order chi connectivity index (χ1) is 21.7. The molecule has 0 aliphatic rings. The van der Waals surface area contributed by atoms with Crippen molar-refractivity contribution < 1.29 is 47.3 Å². The highest BCUT2D eigenvalue weighted by molar-refractivity contribution is 7.89. The summed E-state index contributed by atoms with van der Waals surface area (Å²) in [6.07, 6.45) is 0. The maximum Gasteiger partial charge on any atom is 0.295 e. The van der Waals surface area contributed by atoms with Gasteiger partial charge in [-0.15, -0.1) is 0 Å². The van der Waals surface area contributed by atoms with Crippen LogP contribution in [0.4, 0.5) is 11.4 Å². The van der Waals surface area contributed by atoms with Crippen molar-refractivity contribution in [2.45, 2.75) is 19.6 Å². The minimum absolute atomic E-state index is 0.0445. The molecule has 0 amide bonds. The van der Waals surface area contributed by atoms with Crippen LogP contribution >= 0.6 is 0 Å². The van der Waals surface area contributed by atoms with Crippen molar-refractivity contribution in [1.82, 2.24) is 4.83 Å². The molecular formula is C28H26N4O11S4. The topological polar surface area (TPSA) is 265 Å². The molecule has 0 radical (unpaired) electrons. The van der Waals surface area contributed by atoms with E-state index in [4.69, 9.17) is 11.6 Å². The van der Waals surface area contributed by atoms with Gasteiger partial charge in [-0.05, 0) is 24.3 Å². The number of nitrogens with zero attached hydrogens (tertiary/aromatic N) is 1. The normalized spacial score (nSPS) is 12.9. The Hall–Kier alpha value is -4.18. The zero-order chi connectivity index (χ0) is 34.9. The molecule has 0 heterocycles. The molecule has 248 valence electrons. The van der Waals surface area contributed by atoms with E-state index in [1.807, 2.05) is 42.0 Å². The second-order valence-electron chi connectivity index (χ2n) is 10.5. The third-order valence-electron chi connectivity index (χ3n) is 7.44. The Balaban J connectivity index is 0.000000207. The highest BCUT2D eigenvalue weighted by Gasteiger charge is 2.27. The molecular weight excluding hydrogens is 697 g/mol. The Morgan fingerprint density at radius 1 is 0.553 bits per heavy atom. The number of nitrogens with one attached hydrogen (secondary N) is 1. The van der Waals surface area contributed by atoms with Gasteiger partial charge in [0.05, 0.1) is 4.90 Å². The van der Waals surface area contributed by atoms with Gasteiger partial charge in [-0.3, -0.25) is 19.5 Å². The molecule has 15 nitrogen and oxygen atoms in total. The lowest BCUT2D eigenvalue weighted by Gasteiger charge is -2.17. The van der Waals surface area contributed by atoms with Gasteiger partial charge in [0.1, 0.15) is 14.7 Å². The van der Waals surface area contributed by atoms with Gasteiger partial charge in [0.25, 0.3) is 40.4 Å². The predicted octanol–water partition coefficient (Wildman–Crippen LogP) is 2.96. The van der Waals surface area contributed by atoms with E-state index in [9.17, 15) is 47.3 Å². The fourth-order valence-corrected chi connectivity index (χ4v) is 8.60. The minimum Gasteiger partial charge on any atom is -0.398 e. The predicted molar refractivity (Wildman–Crippen MR) is 177 cm³/mol. The third kappa shape index (κ3) is 6.04. The molecule has 0 saturated carbocycles. The van der Waals surface area contributed by atoms with Crippen molar-refractivity contribution in [2.75, 3.05) is 24.7 Å². The first-order valence-electron chi connectivity index (χ1n) is 13.1. The quantitative estimate of drug-likeness (QED) is 0.0475. The van der Waals surface area contributed by atoms with Gasteiger partial charge in [0.15, 0.2) is 0 Å². The van der Waals surface area contributed by atoms with Gasteiger partial charge < -0.3 is 10.6 Å². The molecule has 6 aromatic rings. The largest absolute Gasteiger partial charge is 0.398 e. The fraction of sp³-hybridized carbons (Fsp3) is 0.0714. The number of hydrogen-bond acceptors (Lipinski definition) is 11. The van der Waals surface area contributed by atoms with Crippen LogP contribution in [0.1, 0.15) is 0 Å². The lowest BCUT2D eigenvalue weighted by Crippen LogP contribution is -2.30. The number of sulfonamides is 1. The average Bonchev–Trinajstić information content (AvgIpc) is 2.98. The number of anilines is 2. The molecule has 47 heavy (non-hydrogen) atoms. The summed E-state index contributed by atoms with van der Waals surface area (Å²) in [5, 5.41) is 1.45. The fourth-order valence-electron chi connectivity index (χ4n) is 5.52. The van der Waals surface area contributed by atoms with Crippen molar-refractivity contribution in [3.63, 3.8) is 0 Å². The van der Waals surface area contributed by atoms with Crippen molar-refractivity contribution in [3.8, 4) is 0 Å². The van der Waals surface area contributed by atoms with Crippen molar-refractivity contribution in [1.29, 1.82) is 0 Å². The second kappa shape index (κ2) is 11.5. The SMILES string of the molecule is CN(C)c1cccc2c(S(=O)(=O)NN)cccc12.Nc1cc(S(=O)(=O)O)c2ccc3c(S(=O)(=O)O)cc(S(=O)(=O)O)c4ccc1c2c43. The maximum absolute atomic E-state index is 11.9. The zero-order valence-corrected chi connectivity index (χ0v) is 27.5. The van der Waals surface area contributed by atoms with Gasteiger partial charge >= 0.3 is 0 Å². The van der Waals surface area contributed by atoms with Crippen LogP contribution in [-0.2, 0) is 40.4 Å². The molecule has 0 fully saturated rings. The minimum atomic E-state index is -4.93. The van der Waals surface area contributed by atoms with Crippen LogP contribution in [0.5, 0.6) is 0 Å². The van der Waals surface area contributed by atoms with E-state index in [0.29, 0.717) is 11.5 Å². The summed E-state index contributed by atoms with van der Waals surface area (Å²) in [5.41, 5.74) is 6.78. The van der Waals surface area contributed by atoms with E-state index >= 15 is 0 Å². The second-order valence-corrected chi connectivity index (χ2v) is 16.3. The summed E-state index contributed by atoms with van der Waals surface area (Å²) in [6, 6.07) is 17.3. The number of nitrogen functional groups attached to an aromatic ring is 1. The number of hydrazine groups is 1. The van der Waals surface area contributed by atoms with Crippen LogP contribution in [0, 0.1) is 0 Å². The lowest BCUT2D eigenvalue weighted by atomic mass is 9.93. The summed E-state index contributed by atoms with van der Waals surface area (Å²) in [7, 11) is -14.4. The molecule has 19 heteroatoms. The molecule has 0 atom stereocenters. The van der Waals surface area contributed by atoms with E-state index < -0.39 is 55.1 Å². The Morgan fingerprint density at radius 2 is 0.979 bits per heavy atom. The Labute approximate surface area is 269 Å². The van der Waals surface area contributed by atoms with Gasteiger partial charge in [0, 0.05) is 68.6 Å². The number of rotatable bonds is 6. The molecule has 0 aliphatic carbocycles. The standard InChI is InChI=1S/C16H11NO9S3.C12H15N3O2S/c17-11-5-12(27(18,19)20)8-3-4-10-14(29(24,25)26)6-13(28(21,22)23)9-2-1-7(11)15(8)16(9)10;1-15(2)11-7-3-6-10-9(11)5-4-8-12(10)18(16,17)14-13/h1-6H,17H2,(H,18,19,20)(H,21,22,23)(H,24,25,26);3-8,14H,13H2,1-2H3. The van der Waals surface area contributed by atoms with Crippen molar-refractivity contribution in [2.24, 2.45) is 5.84 Å². The van der Waals surface area contributed by atoms with Gasteiger partial charge in [-0.1, -0.05) is 48.5 Å². The van der Waals surface area contributed by atoms with Gasteiger partial charge in [-0.2, -0.15) is 30.1 Å². The first-order valence-corrected chi connectivity index (χ1v) is 18.9. The number of nitrogens with two attached hydrogens (primary N) is 2. The highest BCUT2D eigenvalue weighted by atomic mass is 32.2. The van der Waals surface area contributed by atoms with Crippen LogP contribution in [-0.4, -0.2) is 61.4 Å². The van der Waals surface area contributed by atoms with E-state index in [1.54, 1.807) is 12.1 Å². The summed E-state index contributed by atoms with van der Waals surface area (Å²) in [4.78, 5) is 1.81. The van der Waals surface area contributed by atoms with Crippen LogP contribution in [0.25, 0.3) is 43.1 Å². The Morgan fingerprint density at radius 3 is 1.45 bits per heavy atom. The lowest BCUT2D eigenvalue weighted by molar-refractivity contribution is 0.480. The van der Waals surface area contributed by atoms with Crippen molar-refractivity contribution in [3.05, 3.63) is 72.8 Å². The number of hydrogen-bond donors (Lipinski definition) is 6. The van der Waals surface area contributed by atoms with Gasteiger partial charge in [0.2, 0.25) is 0 Å². The molecule has 6 aromatic carbocycles. The molecule has 0 unspecified atom stereocenters.